The Balaban J connectivity index is 2.23. The summed E-state index contributed by atoms with van der Waals surface area (Å²) in [7, 11) is -0.262. The third kappa shape index (κ3) is 4.75. The van der Waals surface area contributed by atoms with Crippen molar-refractivity contribution in [3.63, 3.8) is 0 Å². The number of hydrogen-bond donors (Lipinski definition) is 0. The second kappa shape index (κ2) is 8.75. The molecule has 1 aromatic rings. The second-order valence-electron chi connectivity index (χ2n) is 6.02. The van der Waals surface area contributed by atoms with Crippen molar-refractivity contribution in [1.29, 1.82) is 0 Å². The molecule has 0 saturated carbocycles. The van der Waals surface area contributed by atoms with Crippen LogP contribution < -0.4 is 5.19 Å². The van der Waals surface area contributed by atoms with Crippen LogP contribution in [-0.2, 0) is 8.85 Å². The van der Waals surface area contributed by atoms with Crippen molar-refractivity contribution in [3.05, 3.63) is 36.4 Å². The van der Waals surface area contributed by atoms with E-state index in [0.29, 0.717) is 13.2 Å². The van der Waals surface area contributed by atoms with E-state index < -0.39 is 8.56 Å². The third-order valence-corrected chi connectivity index (χ3v) is 7.96. The number of benzene rings is 1. The zero-order valence-electron chi connectivity index (χ0n) is 14.8. The minimum Gasteiger partial charge on any atom is -0.391 e. The molecule has 0 aliphatic carbocycles. The van der Waals surface area contributed by atoms with E-state index in [-0.39, 0.29) is 0 Å². The van der Waals surface area contributed by atoms with Crippen molar-refractivity contribution in [1.82, 2.24) is 9.80 Å². The SMILES string of the molecule is C=Cc1ccc([Si](CN2CCN(C)CC2)(OCC)OCC)cc1. The lowest BCUT2D eigenvalue weighted by Gasteiger charge is -2.38. The van der Waals surface area contributed by atoms with Crippen molar-refractivity contribution in [2.24, 2.45) is 0 Å². The largest absolute Gasteiger partial charge is 0.391 e. The minimum absolute atomic E-state index is 0.684. The topological polar surface area (TPSA) is 24.9 Å². The first-order chi connectivity index (χ1) is 11.1. The second-order valence-corrected chi connectivity index (χ2v) is 9.00. The Morgan fingerprint density at radius 3 is 2.09 bits per heavy atom. The lowest BCUT2D eigenvalue weighted by Crippen LogP contribution is -2.63. The van der Waals surface area contributed by atoms with Gasteiger partial charge in [-0.2, -0.15) is 0 Å². The Morgan fingerprint density at radius 2 is 1.61 bits per heavy atom. The lowest BCUT2D eigenvalue weighted by atomic mass is 10.2. The van der Waals surface area contributed by atoms with Gasteiger partial charge < -0.3 is 13.8 Å². The molecule has 5 heteroatoms. The van der Waals surface area contributed by atoms with Crippen LogP contribution in [0, 0.1) is 0 Å². The van der Waals surface area contributed by atoms with Crippen LogP contribution in [0.25, 0.3) is 6.08 Å². The number of piperazine rings is 1. The van der Waals surface area contributed by atoms with Crippen molar-refractivity contribution in [3.8, 4) is 0 Å². The van der Waals surface area contributed by atoms with Crippen molar-refractivity contribution >= 4 is 19.8 Å². The summed E-state index contributed by atoms with van der Waals surface area (Å²) >= 11 is 0. The Hall–Kier alpha value is -0.983. The van der Waals surface area contributed by atoms with Crippen LogP contribution in [0.1, 0.15) is 19.4 Å². The summed E-state index contributed by atoms with van der Waals surface area (Å²) in [6.45, 7) is 13.7. The fourth-order valence-electron chi connectivity index (χ4n) is 3.03. The van der Waals surface area contributed by atoms with E-state index in [1.165, 1.54) is 5.19 Å². The van der Waals surface area contributed by atoms with E-state index in [4.69, 9.17) is 8.85 Å². The molecule has 1 saturated heterocycles. The number of rotatable bonds is 8. The maximum Gasteiger partial charge on any atom is 0.387 e. The monoisotopic (exact) mass is 334 g/mol. The molecule has 128 valence electrons. The highest BCUT2D eigenvalue weighted by atomic mass is 28.4. The molecule has 0 amide bonds. The average Bonchev–Trinajstić information content (AvgIpc) is 2.57. The van der Waals surface area contributed by atoms with Crippen LogP contribution in [0.2, 0.25) is 0 Å². The van der Waals surface area contributed by atoms with Crippen LogP contribution in [0.4, 0.5) is 0 Å². The van der Waals surface area contributed by atoms with Crippen LogP contribution >= 0.6 is 0 Å². The van der Waals surface area contributed by atoms with Crippen LogP contribution in [0.5, 0.6) is 0 Å². The zero-order valence-corrected chi connectivity index (χ0v) is 15.8. The lowest BCUT2D eigenvalue weighted by molar-refractivity contribution is 0.135. The van der Waals surface area contributed by atoms with Crippen LogP contribution in [-0.4, -0.2) is 71.0 Å². The number of nitrogens with zero attached hydrogens (tertiary/aromatic N) is 2. The van der Waals surface area contributed by atoms with Gasteiger partial charge in [-0.05, 0) is 31.6 Å². The number of hydrogen-bond acceptors (Lipinski definition) is 4. The van der Waals surface area contributed by atoms with E-state index in [1.807, 2.05) is 6.08 Å². The van der Waals surface area contributed by atoms with Gasteiger partial charge in [-0.15, -0.1) is 0 Å². The maximum atomic E-state index is 6.29. The average molecular weight is 335 g/mol. The van der Waals surface area contributed by atoms with Crippen LogP contribution in [0.3, 0.4) is 0 Å². The summed E-state index contributed by atoms with van der Waals surface area (Å²) in [5.74, 6) is 0. The molecule has 4 nitrogen and oxygen atoms in total. The van der Waals surface area contributed by atoms with E-state index >= 15 is 0 Å². The van der Waals surface area contributed by atoms with Gasteiger partial charge in [-0.1, -0.05) is 36.9 Å². The van der Waals surface area contributed by atoms with Gasteiger partial charge >= 0.3 is 8.56 Å². The molecule has 23 heavy (non-hydrogen) atoms. The first kappa shape index (κ1) is 18.4. The molecule has 2 rings (SSSR count). The molecular weight excluding hydrogens is 304 g/mol. The van der Waals surface area contributed by atoms with Crippen molar-refractivity contribution in [2.45, 2.75) is 13.8 Å². The molecule has 0 bridgehead atoms. The molecule has 0 radical (unpaired) electrons. The van der Waals surface area contributed by atoms with Gasteiger partial charge in [0.1, 0.15) is 0 Å². The molecule has 1 aromatic carbocycles. The molecule has 0 N–H and O–H groups in total. The molecule has 1 aliphatic rings. The predicted molar refractivity (Wildman–Crippen MR) is 99.1 cm³/mol. The smallest absolute Gasteiger partial charge is 0.387 e. The third-order valence-electron chi connectivity index (χ3n) is 4.37. The molecule has 0 atom stereocenters. The van der Waals surface area contributed by atoms with Gasteiger partial charge in [-0.25, -0.2) is 0 Å². The Morgan fingerprint density at radius 1 is 1.04 bits per heavy atom. The summed E-state index contributed by atoms with van der Waals surface area (Å²) in [6.07, 6.45) is 2.77. The zero-order chi connectivity index (χ0) is 16.7. The quantitative estimate of drug-likeness (QED) is 0.677. The summed E-state index contributed by atoms with van der Waals surface area (Å²) in [4.78, 5) is 4.87. The highest BCUT2D eigenvalue weighted by Gasteiger charge is 2.42. The van der Waals surface area contributed by atoms with Gasteiger partial charge in [0.15, 0.2) is 0 Å². The molecule has 0 unspecified atom stereocenters. The van der Waals surface area contributed by atoms with Crippen molar-refractivity contribution < 1.29 is 8.85 Å². The number of likely N-dealkylation sites (N-methyl/N-ethyl adjacent to an activating group) is 1. The van der Waals surface area contributed by atoms with E-state index in [1.54, 1.807) is 0 Å². The van der Waals surface area contributed by atoms with Gasteiger partial charge in [0.2, 0.25) is 0 Å². The van der Waals surface area contributed by atoms with E-state index in [9.17, 15) is 0 Å². The molecule has 0 spiro atoms. The first-order valence-electron chi connectivity index (χ1n) is 8.55. The molecule has 1 fully saturated rings. The standard InChI is InChI=1S/C18H30N2O2Si/c1-5-17-8-10-18(11-9-17)23(21-6-2,22-7-3)16-20-14-12-19(4)13-15-20/h5,8-11H,1,6-7,12-16H2,2-4H3. The summed E-state index contributed by atoms with van der Waals surface area (Å²) < 4.78 is 12.6. The Bertz CT molecular complexity index is 478. The molecular formula is C18H30N2O2Si. The summed E-state index contributed by atoms with van der Waals surface area (Å²) in [5.41, 5.74) is 1.13. The van der Waals surface area contributed by atoms with Gasteiger partial charge in [0, 0.05) is 45.6 Å². The maximum absolute atomic E-state index is 6.29. The minimum atomic E-state index is -2.44. The van der Waals surface area contributed by atoms with E-state index in [2.05, 4.69) is 61.5 Å². The van der Waals surface area contributed by atoms with Crippen LogP contribution in [0.15, 0.2) is 30.8 Å². The first-order valence-corrected chi connectivity index (χ1v) is 10.6. The molecule has 1 aliphatic heterocycles. The Labute approximate surface area is 141 Å². The highest BCUT2D eigenvalue weighted by Crippen LogP contribution is 2.14. The fraction of sp³-hybridized carbons (Fsp3) is 0.556. The fourth-order valence-corrected chi connectivity index (χ4v) is 6.32. The highest BCUT2D eigenvalue weighted by molar-refractivity contribution is 6.81. The van der Waals surface area contributed by atoms with E-state index in [0.717, 1.165) is 37.9 Å². The van der Waals surface area contributed by atoms with Gasteiger partial charge in [-0.3, -0.25) is 4.90 Å². The normalized spacial score (nSPS) is 17.3. The van der Waals surface area contributed by atoms with Gasteiger partial charge in [0.05, 0.1) is 0 Å². The summed E-state index contributed by atoms with van der Waals surface area (Å²) in [5, 5.41) is 1.21. The predicted octanol–water partition coefficient (Wildman–Crippen LogP) is 1.84. The Kier molecular flexibility index (Phi) is 6.99. The van der Waals surface area contributed by atoms with Gasteiger partial charge in [0.25, 0.3) is 0 Å². The van der Waals surface area contributed by atoms with Crippen molar-refractivity contribution in [2.75, 3.05) is 52.6 Å². The summed E-state index contributed by atoms with van der Waals surface area (Å²) in [6, 6.07) is 8.52. The molecule has 1 heterocycles. The molecule has 0 aromatic heterocycles.